The summed E-state index contributed by atoms with van der Waals surface area (Å²) in [6.07, 6.45) is 0. The van der Waals surface area contributed by atoms with E-state index in [4.69, 9.17) is 10.8 Å². The smallest absolute Gasteiger partial charge is 0.352 e. The second-order valence-corrected chi connectivity index (χ2v) is 10.9. The first-order valence-corrected chi connectivity index (χ1v) is 12.7. The number of aryl methyl sites for hydroxylation is 1. The van der Waals surface area contributed by atoms with Gasteiger partial charge in [0.1, 0.15) is 28.2 Å². The van der Waals surface area contributed by atoms with Crippen LogP contribution in [0.5, 0.6) is 0 Å². The van der Waals surface area contributed by atoms with Gasteiger partial charge in [0.05, 0.1) is 5.56 Å². The third-order valence-electron chi connectivity index (χ3n) is 5.22. The fourth-order valence-electron chi connectivity index (χ4n) is 3.51. The Morgan fingerprint density at radius 2 is 1.94 bits per heavy atom. The Morgan fingerprint density at radius 1 is 1.24 bits per heavy atom. The molecule has 0 aliphatic carbocycles. The number of nitrogens with one attached hydrogen (secondary N) is 1. The van der Waals surface area contributed by atoms with E-state index in [0.29, 0.717) is 27.0 Å². The average Bonchev–Trinajstić information content (AvgIpc) is 3.24. The van der Waals surface area contributed by atoms with Crippen molar-refractivity contribution < 1.29 is 29.4 Å². The van der Waals surface area contributed by atoms with E-state index in [1.54, 1.807) is 0 Å². The van der Waals surface area contributed by atoms with Crippen LogP contribution in [0.1, 0.15) is 27.0 Å². The lowest BCUT2D eigenvalue weighted by Gasteiger charge is -2.49. The summed E-state index contributed by atoms with van der Waals surface area (Å²) in [6.45, 7) is 1.83. The molecule has 3 heterocycles. The molecule has 3 atom stereocenters. The normalized spacial score (nSPS) is 20.4. The van der Waals surface area contributed by atoms with Crippen LogP contribution < -0.4 is 11.1 Å². The molecule has 1 aromatic heterocycles. The highest BCUT2D eigenvalue weighted by Gasteiger charge is 2.54. The Hall–Kier alpha value is -2.94. The fourth-order valence-corrected chi connectivity index (χ4v) is 6.81. The number of hydrogen-bond acceptors (Lipinski definition) is 10. The highest BCUT2D eigenvalue weighted by atomic mass is 32.2. The molecule has 14 heteroatoms. The Morgan fingerprint density at radius 3 is 2.53 bits per heavy atom. The summed E-state index contributed by atoms with van der Waals surface area (Å²) in [6, 6.07) is 3.53. The summed E-state index contributed by atoms with van der Waals surface area (Å²) < 4.78 is 0.715. The molecule has 2 aliphatic heterocycles. The van der Waals surface area contributed by atoms with Gasteiger partial charge in [-0.25, -0.2) is 9.59 Å². The number of benzene rings is 1. The predicted octanol–water partition coefficient (Wildman–Crippen LogP) is 1.08. The Balaban J connectivity index is 1.43. The van der Waals surface area contributed by atoms with Crippen LogP contribution in [0.3, 0.4) is 0 Å². The molecule has 2 aliphatic rings. The maximum absolute atomic E-state index is 12.8. The molecule has 178 valence electrons. The molecule has 0 radical (unpaired) electrons. The van der Waals surface area contributed by atoms with Gasteiger partial charge >= 0.3 is 11.9 Å². The number of fused-ring (bicyclic) bond motifs is 1. The van der Waals surface area contributed by atoms with Gasteiger partial charge in [0.15, 0.2) is 4.34 Å². The minimum Gasteiger partial charge on any atom is -0.478 e. The minimum absolute atomic E-state index is 0.0583. The van der Waals surface area contributed by atoms with Gasteiger partial charge in [0.25, 0.3) is 5.91 Å². The molecule has 0 saturated carbocycles. The van der Waals surface area contributed by atoms with Crippen LogP contribution in [0.4, 0.5) is 0 Å². The second-order valence-electron chi connectivity index (χ2n) is 7.43. The molecule has 34 heavy (non-hydrogen) atoms. The molecule has 11 nitrogen and oxygen atoms in total. The summed E-state index contributed by atoms with van der Waals surface area (Å²) >= 11 is 4.14. The Labute approximate surface area is 205 Å². The van der Waals surface area contributed by atoms with Crippen molar-refractivity contribution in [3.63, 3.8) is 0 Å². The van der Waals surface area contributed by atoms with Crippen molar-refractivity contribution >= 4 is 58.6 Å². The van der Waals surface area contributed by atoms with Gasteiger partial charge in [0.2, 0.25) is 5.91 Å². The SMILES string of the molecule is Cc1nnc(SCC2=C(C(=O)O)N3C(=O)C(NC(=O)C(N)c4ccc(C(=O)O)cc4)[C@H]3SC2)s1. The number of aromatic carboxylic acids is 1. The van der Waals surface area contributed by atoms with Crippen LogP contribution in [0, 0.1) is 6.92 Å². The molecular formula is C20H19N5O6S3. The zero-order chi connectivity index (χ0) is 24.6. The Bertz CT molecular complexity index is 1200. The molecule has 4 rings (SSSR count). The van der Waals surface area contributed by atoms with Gasteiger partial charge in [0, 0.05) is 11.5 Å². The first kappa shape index (κ1) is 24.2. The molecule has 1 aromatic carbocycles. The predicted molar refractivity (Wildman–Crippen MR) is 125 cm³/mol. The van der Waals surface area contributed by atoms with Gasteiger partial charge in [-0.3, -0.25) is 14.5 Å². The zero-order valence-electron chi connectivity index (χ0n) is 17.6. The van der Waals surface area contributed by atoms with Crippen LogP contribution in [0.15, 0.2) is 39.9 Å². The molecule has 2 amide bonds. The average molecular weight is 522 g/mol. The standard InChI is InChI=1S/C20H19N5O6S3/c1-8-23-24-20(34-8)33-7-11-6-32-17-13(16(27)25(17)14(11)19(30)31)22-15(26)12(21)9-2-4-10(5-3-9)18(28)29/h2-5,12-13,17H,6-7,21H2,1H3,(H,22,26)(H,28,29)(H,30,31)/t12?,13?,17-/m1/s1. The van der Waals surface area contributed by atoms with Crippen molar-refractivity contribution in [3.8, 4) is 0 Å². The summed E-state index contributed by atoms with van der Waals surface area (Å²) in [7, 11) is 0. The van der Waals surface area contributed by atoms with E-state index in [1.165, 1.54) is 64.0 Å². The van der Waals surface area contributed by atoms with Crippen molar-refractivity contribution in [1.82, 2.24) is 20.4 Å². The quantitative estimate of drug-likeness (QED) is 0.289. The number of nitrogens with two attached hydrogens (primary N) is 1. The zero-order valence-corrected chi connectivity index (χ0v) is 20.1. The van der Waals surface area contributed by atoms with Crippen molar-refractivity contribution in [2.75, 3.05) is 11.5 Å². The summed E-state index contributed by atoms with van der Waals surface area (Å²) in [5.41, 5.74) is 6.97. The number of nitrogens with zero attached hydrogens (tertiary/aromatic N) is 3. The lowest BCUT2D eigenvalue weighted by Crippen LogP contribution is -2.71. The number of rotatable bonds is 8. The number of aromatic nitrogens is 2. The van der Waals surface area contributed by atoms with E-state index in [1.807, 2.05) is 6.92 Å². The van der Waals surface area contributed by atoms with Crippen molar-refractivity contribution in [1.29, 1.82) is 0 Å². The van der Waals surface area contributed by atoms with Gasteiger partial charge in [-0.1, -0.05) is 35.2 Å². The van der Waals surface area contributed by atoms with Gasteiger partial charge < -0.3 is 21.3 Å². The number of β-lactam (4-membered cyclic amide) rings is 1. The number of aliphatic carboxylic acids is 1. The molecule has 0 bridgehead atoms. The van der Waals surface area contributed by atoms with Gasteiger partial charge in [-0.15, -0.1) is 22.0 Å². The lowest BCUT2D eigenvalue weighted by atomic mass is 10.0. The van der Waals surface area contributed by atoms with E-state index < -0.39 is 41.2 Å². The number of carbonyl (C=O) groups excluding carboxylic acids is 2. The molecule has 1 saturated heterocycles. The highest BCUT2D eigenvalue weighted by Crippen LogP contribution is 2.41. The molecule has 2 unspecified atom stereocenters. The Kier molecular flexibility index (Phi) is 6.93. The number of carbonyl (C=O) groups is 4. The first-order valence-electron chi connectivity index (χ1n) is 9.89. The van der Waals surface area contributed by atoms with Crippen molar-refractivity contribution in [2.45, 2.75) is 28.7 Å². The van der Waals surface area contributed by atoms with E-state index in [0.717, 1.165) is 5.01 Å². The van der Waals surface area contributed by atoms with E-state index in [-0.39, 0.29) is 11.3 Å². The van der Waals surface area contributed by atoms with Crippen LogP contribution in [-0.4, -0.2) is 72.0 Å². The van der Waals surface area contributed by atoms with Crippen LogP contribution in [0.2, 0.25) is 0 Å². The van der Waals surface area contributed by atoms with Crippen LogP contribution >= 0.6 is 34.9 Å². The maximum Gasteiger partial charge on any atom is 0.352 e. The van der Waals surface area contributed by atoms with Crippen molar-refractivity contribution in [3.05, 3.63) is 51.7 Å². The molecular weight excluding hydrogens is 502 g/mol. The number of carboxylic acid groups (broad SMARTS) is 2. The van der Waals surface area contributed by atoms with E-state index in [2.05, 4.69) is 15.5 Å². The monoisotopic (exact) mass is 521 g/mol. The summed E-state index contributed by atoms with van der Waals surface area (Å²) in [5.74, 6) is -2.70. The van der Waals surface area contributed by atoms with E-state index >= 15 is 0 Å². The molecule has 2 aromatic rings. The second kappa shape index (κ2) is 9.74. The first-order chi connectivity index (χ1) is 16.2. The number of carboxylic acids is 2. The topological polar surface area (TPSA) is 176 Å². The number of hydrogen-bond donors (Lipinski definition) is 4. The van der Waals surface area contributed by atoms with Crippen LogP contribution in [-0.2, 0) is 14.4 Å². The maximum atomic E-state index is 12.8. The van der Waals surface area contributed by atoms with Gasteiger partial charge in [-0.05, 0) is 30.2 Å². The molecule has 0 spiro atoms. The lowest BCUT2D eigenvalue weighted by molar-refractivity contribution is -0.150. The number of thioether (sulfide) groups is 2. The number of amides is 2. The minimum atomic E-state index is -1.21. The van der Waals surface area contributed by atoms with Crippen molar-refractivity contribution in [2.24, 2.45) is 5.73 Å². The summed E-state index contributed by atoms with van der Waals surface area (Å²) in [5, 5.41) is 29.6. The highest BCUT2D eigenvalue weighted by molar-refractivity contribution is 8.01. The molecule has 5 N–H and O–H groups in total. The van der Waals surface area contributed by atoms with Crippen LogP contribution in [0.25, 0.3) is 0 Å². The third kappa shape index (κ3) is 4.66. The fraction of sp³-hybridized carbons (Fsp3) is 0.300. The molecule has 1 fully saturated rings. The van der Waals surface area contributed by atoms with Gasteiger partial charge in [-0.2, -0.15) is 0 Å². The third-order valence-corrected chi connectivity index (χ3v) is 8.62. The van der Waals surface area contributed by atoms with E-state index in [9.17, 15) is 24.3 Å². The largest absolute Gasteiger partial charge is 0.478 e. The summed E-state index contributed by atoms with van der Waals surface area (Å²) in [4.78, 5) is 49.6.